The molecule has 0 aliphatic carbocycles. The van der Waals surface area contributed by atoms with Crippen molar-refractivity contribution in [2.75, 3.05) is 20.8 Å². The lowest BCUT2D eigenvalue weighted by Crippen LogP contribution is -2.45. The minimum Gasteiger partial charge on any atom is -0.493 e. The number of carbonyl (C=O) groups excluding carboxylic acids is 2. The predicted octanol–water partition coefficient (Wildman–Crippen LogP) is 3.69. The maximum absolute atomic E-state index is 12.9. The molecule has 2 aromatic rings. The van der Waals surface area contributed by atoms with Crippen LogP contribution >= 0.6 is 11.6 Å². The van der Waals surface area contributed by atoms with E-state index in [1.165, 1.54) is 14.2 Å². The molecule has 0 radical (unpaired) electrons. The van der Waals surface area contributed by atoms with Crippen molar-refractivity contribution in [2.24, 2.45) is 0 Å². The maximum Gasteiger partial charge on any atom is 0.338 e. The molecule has 3 rings (SSSR count). The van der Waals surface area contributed by atoms with Gasteiger partial charge in [-0.3, -0.25) is 0 Å². The van der Waals surface area contributed by atoms with Crippen LogP contribution in [-0.4, -0.2) is 32.8 Å². The molecule has 2 N–H and O–H groups in total. The Morgan fingerprint density at radius 3 is 2.48 bits per heavy atom. The summed E-state index contributed by atoms with van der Waals surface area (Å²) in [6, 6.07) is 11.0. The molecule has 1 aliphatic heterocycles. The van der Waals surface area contributed by atoms with Gasteiger partial charge in [0.05, 0.1) is 38.1 Å². The van der Waals surface area contributed by atoms with Crippen molar-refractivity contribution in [3.63, 3.8) is 0 Å². The number of rotatable bonds is 6. The molecule has 0 bridgehead atoms. The van der Waals surface area contributed by atoms with Crippen LogP contribution in [0.4, 0.5) is 4.79 Å². The fraction of sp³-hybridized carbons (Fsp3) is 0.238. The van der Waals surface area contributed by atoms with Gasteiger partial charge in [-0.05, 0) is 18.6 Å². The summed E-state index contributed by atoms with van der Waals surface area (Å²) in [5.74, 6) is 0.176. The third kappa shape index (κ3) is 4.14. The van der Waals surface area contributed by atoms with Crippen molar-refractivity contribution in [3.05, 3.63) is 64.2 Å². The quantitative estimate of drug-likeness (QED) is 0.701. The minimum absolute atomic E-state index is 0.182. The molecule has 1 heterocycles. The van der Waals surface area contributed by atoms with Crippen molar-refractivity contribution in [2.45, 2.75) is 13.0 Å². The maximum atomic E-state index is 12.9. The van der Waals surface area contributed by atoms with Gasteiger partial charge in [0.15, 0.2) is 11.5 Å². The molecular weight excluding hydrogens is 396 g/mol. The first-order valence-corrected chi connectivity index (χ1v) is 9.33. The number of urea groups is 1. The van der Waals surface area contributed by atoms with E-state index in [2.05, 4.69) is 10.6 Å². The Bertz CT molecular complexity index is 959. The number of ether oxygens (including phenoxy) is 3. The molecule has 29 heavy (non-hydrogen) atoms. The average molecular weight is 417 g/mol. The third-order valence-corrected chi connectivity index (χ3v) is 4.63. The van der Waals surface area contributed by atoms with Gasteiger partial charge < -0.3 is 24.8 Å². The zero-order chi connectivity index (χ0) is 21.0. The molecule has 1 atom stereocenters. The zero-order valence-electron chi connectivity index (χ0n) is 16.2. The normalized spacial score (nSPS) is 16.0. The topological polar surface area (TPSA) is 85.9 Å². The van der Waals surface area contributed by atoms with E-state index >= 15 is 0 Å². The predicted molar refractivity (Wildman–Crippen MR) is 109 cm³/mol. The van der Waals surface area contributed by atoms with Crippen LogP contribution < -0.4 is 20.1 Å². The second-order valence-electron chi connectivity index (χ2n) is 6.14. The van der Waals surface area contributed by atoms with Gasteiger partial charge in [-0.1, -0.05) is 41.9 Å². The van der Waals surface area contributed by atoms with Crippen LogP contribution in [0.5, 0.6) is 11.5 Å². The first-order valence-electron chi connectivity index (χ1n) is 8.95. The number of esters is 1. The van der Waals surface area contributed by atoms with Gasteiger partial charge in [0, 0.05) is 16.7 Å². The number of nitrogens with one attached hydrogen (secondary N) is 2. The Morgan fingerprint density at radius 1 is 1.14 bits per heavy atom. The molecule has 8 heteroatoms. The average Bonchev–Trinajstić information content (AvgIpc) is 2.73. The van der Waals surface area contributed by atoms with Crippen LogP contribution in [0.3, 0.4) is 0 Å². The number of hydrogen-bond acceptors (Lipinski definition) is 5. The van der Waals surface area contributed by atoms with Gasteiger partial charge in [0.1, 0.15) is 0 Å². The highest BCUT2D eigenvalue weighted by Gasteiger charge is 2.36. The monoisotopic (exact) mass is 416 g/mol. The number of halogens is 1. The van der Waals surface area contributed by atoms with Crippen molar-refractivity contribution >= 4 is 29.3 Å². The lowest BCUT2D eigenvalue weighted by molar-refractivity contribution is -0.138. The Morgan fingerprint density at radius 2 is 1.86 bits per heavy atom. The largest absolute Gasteiger partial charge is 0.493 e. The molecular formula is C21H21ClN2O5. The summed E-state index contributed by atoms with van der Waals surface area (Å²) < 4.78 is 16.2. The van der Waals surface area contributed by atoms with Crippen molar-refractivity contribution in [1.29, 1.82) is 0 Å². The van der Waals surface area contributed by atoms with E-state index in [-0.39, 0.29) is 12.2 Å². The van der Waals surface area contributed by atoms with Gasteiger partial charge in [-0.25, -0.2) is 9.59 Å². The van der Waals surface area contributed by atoms with Gasteiger partial charge in [-0.15, -0.1) is 0 Å². The van der Waals surface area contributed by atoms with E-state index in [1.807, 2.05) is 18.2 Å². The first-order chi connectivity index (χ1) is 14.0. The Kier molecular flexibility index (Phi) is 6.29. The fourth-order valence-electron chi connectivity index (χ4n) is 3.23. The van der Waals surface area contributed by atoms with Gasteiger partial charge >= 0.3 is 12.0 Å². The number of carbonyl (C=O) groups is 2. The third-order valence-electron chi connectivity index (χ3n) is 4.41. The summed E-state index contributed by atoms with van der Waals surface area (Å²) in [5, 5.41) is 5.87. The highest BCUT2D eigenvalue weighted by atomic mass is 35.5. The van der Waals surface area contributed by atoms with Gasteiger partial charge in [0.2, 0.25) is 0 Å². The van der Waals surface area contributed by atoms with Crippen LogP contribution in [0.1, 0.15) is 24.1 Å². The highest BCUT2D eigenvalue weighted by molar-refractivity contribution is 6.31. The standard InChI is InChI=1S/C21H21ClN2O5/c1-4-29-20(25)16-17(12-8-6-5-7-9-12)23-21(26)24-18(16)14-10-13(22)11-15(27-2)19(14)28-3/h5-11,18H,4H2,1-3H3,(H2,23,24,26)/t18-/m0/s1. The zero-order valence-corrected chi connectivity index (χ0v) is 17.0. The SMILES string of the molecule is CCOC(=O)C1=C(c2ccccc2)NC(=O)N[C@H]1c1cc(Cl)cc(OC)c1OC. The van der Waals surface area contributed by atoms with E-state index in [1.54, 1.807) is 31.2 Å². The molecule has 152 valence electrons. The van der Waals surface area contributed by atoms with Crippen LogP contribution in [0.2, 0.25) is 5.02 Å². The smallest absolute Gasteiger partial charge is 0.338 e. The molecule has 0 fully saturated rings. The van der Waals surface area contributed by atoms with Crippen molar-refractivity contribution in [3.8, 4) is 11.5 Å². The Balaban J connectivity index is 2.28. The van der Waals surface area contributed by atoms with Crippen LogP contribution in [0.25, 0.3) is 5.70 Å². The van der Waals surface area contributed by atoms with E-state index < -0.39 is 18.0 Å². The minimum atomic E-state index is -0.861. The van der Waals surface area contributed by atoms with Crippen LogP contribution in [0, 0.1) is 0 Å². The second kappa shape index (κ2) is 8.87. The number of amides is 2. The molecule has 0 spiro atoms. The fourth-order valence-corrected chi connectivity index (χ4v) is 3.45. The number of benzene rings is 2. The molecule has 0 aromatic heterocycles. The number of methoxy groups -OCH3 is 2. The summed E-state index contributed by atoms with van der Waals surface area (Å²) in [5.41, 5.74) is 1.74. The lowest BCUT2D eigenvalue weighted by Gasteiger charge is -2.30. The van der Waals surface area contributed by atoms with Gasteiger partial charge in [-0.2, -0.15) is 0 Å². The lowest BCUT2D eigenvalue weighted by atomic mass is 9.92. The van der Waals surface area contributed by atoms with Crippen LogP contribution in [-0.2, 0) is 9.53 Å². The molecule has 2 aromatic carbocycles. The second-order valence-corrected chi connectivity index (χ2v) is 6.57. The van der Waals surface area contributed by atoms with Crippen molar-refractivity contribution in [1.82, 2.24) is 10.6 Å². The molecule has 2 amide bonds. The molecule has 0 saturated carbocycles. The summed E-state index contributed by atoms with van der Waals surface area (Å²) >= 11 is 6.26. The molecule has 7 nitrogen and oxygen atoms in total. The first kappa shape index (κ1) is 20.5. The van der Waals surface area contributed by atoms with E-state index in [9.17, 15) is 9.59 Å². The summed E-state index contributed by atoms with van der Waals surface area (Å²) in [7, 11) is 2.96. The number of hydrogen-bond donors (Lipinski definition) is 2. The summed E-state index contributed by atoms with van der Waals surface area (Å²) in [6.07, 6.45) is 0. The molecule has 1 aliphatic rings. The van der Waals surface area contributed by atoms with E-state index in [0.29, 0.717) is 33.3 Å². The van der Waals surface area contributed by atoms with Crippen molar-refractivity contribution < 1.29 is 23.8 Å². The Labute approximate surface area is 173 Å². The highest BCUT2D eigenvalue weighted by Crippen LogP contribution is 2.42. The Hall–Kier alpha value is -3.19. The summed E-state index contributed by atoms with van der Waals surface area (Å²) in [6.45, 7) is 1.90. The van der Waals surface area contributed by atoms with E-state index in [4.69, 9.17) is 25.8 Å². The molecule has 0 saturated heterocycles. The summed E-state index contributed by atoms with van der Waals surface area (Å²) in [4.78, 5) is 25.4. The van der Waals surface area contributed by atoms with Gasteiger partial charge in [0.25, 0.3) is 0 Å². The molecule has 0 unspecified atom stereocenters. The van der Waals surface area contributed by atoms with Crippen LogP contribution in [0.15, 0.2) is 48.0 Å². The van der Waals surface area contributed by atoms with E-state index in [0.717, 1.165) is 0 Å².